The molecular weight excluding hydrogens is 610 g/mol. The van der Waals surface area contributed by atoms with Crippen molar-refractivity contribution in [3.63, 3.8) is 0 Å². The molecule has 238 valence electrons. The number of likely N-dealkylation sites (tertiary alicyclic amines) is 1. The lowest BCUT2D eigenvalue weighted by molar-refractivity contribution is -0.133. The fraction of sp³-hybridized carbons (Fsp3) is 0.323. The number of ether oxygens (including phenoxy) is 2. The zero-order valence-corrected chi connectivity index (χ0v) is 25.3. The molecule has 2 atom stereocenters. The number of nitrogens with zero attached hydrogens (tertiary/aromatic N) is 1. The van der Waals surface area contributed by atoms with E-state index >= 15 is 4.39 Å². The standard InChI is InChI=1S/C31H32F2N4O7S/c1-43-26-15-17(5-11-23(26)33)28(36-24-14-18(29(34)38)6-10-22(24)32)30(39)37-13-3-4-25(37)21-16-19(35-31(40)44-2)7-12-27(21)45(41,42)20-8-9-20/h5-7,10-12,14-16,20,25,28,36H,3-4,8-9,13H2,1-2H3,(H2,34,38)(H,35,40). The fourth-order valence-electron chi connectivity index (χ4n) is 5.48. The Hall–Kier alpha value is -4.72. The number of sulfone groups is 1. The van der Waals surface area contributed by atoms with Crippen LogP contribution in [0.3, 0.4) is 0 Å². The molecule has 14 heteroatoms. The number of carbonyl (C=O) groups is 3. The van der Waals surface area contributed by atoms with Crippen LogP contribution in [0.25, 0.3) is 0 Å². The maximum atomic E-state index is 15.0. The van der Waals surface area contributed by atoms with Gasteiger partial charge < -0.3 is 25.4 Å². The molecule has 11 nitrogen and oxygen atoms in total. The number of amides is 3. The molecule has 1 aliphatic heterocycles. The number of primary amides is 1. The molecule has 3 amide bonds. The van der Waals surface area contributed by atoms with Gasteiger partial charge in [0.2, 0.25) is 11.8 Å². The van der Waals surface area contributed by atoms with Crippen molar-refractivity contribution in [3.05, 3.63) is 82.9 Å². The van der Waals surface area contributed by atoms with Crippen molar-refractivity contribution in [1.82, 2.24) is 4.90 Å². The Bertz CT molecular complexity index is 1760. The molecule has 0 bridgehead atoms. The predicted molar refractivity (Wildman–Crippen MR) is 161 cm³/mol. The van der Waals surface area contributed by atoms with Gasteiger partial charge in [-0.15, -0.1) is 0 Å². The summed E-state index contributed by atoms with van der Waals surface area (Å²) in [6.45, 7) is 0.224. The Morgan fingerprint density at radius 2 is 1.71 bits per heavy atom. The molecule has 4 N–H and O–H groups in total. The third kappa shape index (κ3) is 6.55. The molecule has 1 aliphatic carbocycles. The lowest BCUT2D eigenvalue weighted by Crippen LogP contribution is -2.38. The van der Waals surface area contributed by atoms with Crippen LogP contribution in [0.2, 0.25) is 0 Å². The van der Waals surface area contributed by atoms with Crippen LogP contribution in [-0.4, -0.2) is 57.2 Å². The number of nitrogens with one attached hydrogen (secondary N) is 2. The second-order valence-corrected chi connectivity index (χ2v) is 13.0. The minimum Gasteiger partial charge on any atom is -0.494 e. The molecule has 0 aromatic heterocycles. The molecule has 1 saturated heterocycles. The van der Waals surface area contributed by atoms with Gasteiger partial charge in [0.25, 0.3) is 0 Å². The van der Waals surface area contributed by atoms with Crippen molar-refractivity contribution >= 4 is 39.1 Å². The number of nitrogens with two attached hydrogens (primary N) is 1. The van der Waals surface area contributed by atoms with Gasteiger partial charge in [-0.2, -0.15) is 0 Å². The first-order valence-electron chi connectivity index (χ1n) is 14.2. The molecule has 1 heterocycles. The summed E-state index contributed by atoms with van der Waals surface area (Å²) in [7, 11) is -1.28. The molecule has 0 radical (unpaired) electrons. The van der Waals surface area contributed by atoms with Gasteiger partial charge in [0, 0.05) is 17.8 Å². The monoisotopic (exact) mass is 642 g/mol. The van der Waals surface area contributed by atoms with E-state index < -0.39 is 56.7 Å². The Balaban J connectivity index is 1.59. The quantitative estimate of drug-likeness (QED) is 0.287. The normalized spacial score (nSPS) is 17.0. The van der Waals surface area contributed by atoms with Gasteiger partial charge in [-0.3, -0.25) is 14.9 Å². The molecule has 2 unspecified atom stereocenters. The molecule has 2 fully saturated rings. The van der Waals surface area contributed by atoms with Crippen molar-refractivity contribution in [2.75, 3.05) is 31.4 Å². The highest BCUT2D eigenvalue weighted by molar-refractivity contribution is 7.92. The van der Waals surface area contributed by atoms with Crippen LogP contribution in [0, 0.1) is 11.6 Å². The van der Waals surface area contributed by atoms with E-state index in [0.717, 1.165) is 12.1 Å². The summed E-state index contributed by atoms with van der Waals surface area (Å²) in [5, 5.41) is 4.86. The van der Waals surface area contributed by atoms with E-state index in [1.807, 2.05) is 0 Å². The highest BCUT2D eigenvalue weighted by atomic mass is 32.2. The summed E-state index contributed by atoms with van der Waals surface area (Å²) in [5.41, 5.74) is 5.99. The predicted octanol–water partition coefficient (Wildman–Crippen LogP) is 4.70. The smallest absolute Gasteiger partial charge is 0.411 e. The van der Waals surface area contributed by atoms with Crippen molar-refractivity contribution in [3.8, 4) is 5.75 Å². The summed E-state index contributed by atoms with van der Waals surface area (Å²) >= 11 is 0. The minimum absolute atomic E-state index is 0.00863. The van der Waals surface area contributed by atoms with Crippen molar-refractivity contribution < 1.29 is 41.1 Å². The second kappa shape index (κ2) is 12.7. The number of benzene rings is 3. The molecular formula is C31H32F2N4O7S. The topological polar surface area (TPSA) is 157 Å². The first kappa shape index (κ1) is 31.7. The highest BCUT2D eigenvalue weighted by Gasteiger charge is 2.42. The summed E-state index contributed by atoms with van der Waals surface area (Å²) in [4.78, 5) is 39.7. The highest BCUT2D eigenvalue weighted by Crippen LogP contribution is 2.43. The first-order valence-corrected chi connectivity index (χ1v) is 15.7. The van der Waals surface area contributed by atoms with E-state index in [9.17, 15) is 27.2 Å². The van der Waals surface area contributed by atoms with Gasteiger partial charge in [-0.25, -0.2) is 22.0 Å². The SMILES string of the molecule is COC(=O)Nc1ccc(S(=O)(=O)C2CC2)c(C2CCCN2C(=O)C(Nc2cc(C(N)=O)ccc2F)c2ccc(F)c(OC)c2)c1. The van der Waals surface area contributed by atoms with Crippen LogP contribution < -0.4 is 21.1 Å². The van der Waals surface area contributed by atoms with Gasteiger partial charge in [0.05, 0.1) is 36.1 Å². The van der Waals surface area contributed by atoms with Crippen LogP contribution in [0.4, 0.5) is 25.0 Å². The summed E-state index contributed by atoms with van der Waals surface area (Å²) in [6.07, 6.45) is 1.19. The Kier molecular flexibility index (Phi) is 8.96. The zero-order valence-electron chi connectivity index (χ0n) is 24.5. The zero-order chi connectivity index (χ0) is 32.5. The molecule has 3 aromatic rings. The van der Waals surface area contributed by atoms with Crippen LogP contribution in [-0.2, 0) is 19.4 Å². The van der Waals surface area contributed by atoms with E-state index in [4.69, 9.17) is 10.5 Å². The largest absolute Gasteiger partial charge is 0.494 e. The van der Waals surface area contributed by atoms with Crippen molar-refractivity contribution in [2.24, 2.45) is 5.73 Å². The molecule has 1 saturated carbocycles. The number of halogens is 2. The number of carbonyl (C=O) groups excluding carboxylic acids is 3. The van der Waals surface area contributed by atoms with E-state index in [0.29, 0.717) is 31.2 Å². The maximum Gasteiger partial charge on any atom is 0.411 e. The van der Waals surface area contributed by atoms with Crippen LogP contribution in [0.1, 0.15) is 59.3 Å². The third-order valence-corrected chi connectivity index (χ3v) is 10.2. The van der Waals surface area contributed by atoms with E-state index in [1.165, 1.54) is 61.6 Å². The van der Waals surface area contributed by atoms with E-state index in [2.05, 4.69) is 15.4 Å². The molecule has 2 aliphatic rings. The number of anilines is 2. The average Bonchev–Trinajstić information content (AvgIpc) is 3.78. The van der Waals surface area contributed by atoms with Crippen molar-refractivity contribution in [2.45, 2.75) is 47.9 Å². The molecule has 5 rings (SSSR count). The van der Waals surface area contributed by atoms with Crippen molar-refractivity contribution in [1.29, 1.82) is 0 Å². The van der Waals surface area contributed by atoms with Gasteiger partial charge in [0.1, 0.15) is 11.9 Å². The first-order chi connectivity index (χ1) is 21.4. The van der Waals surface area contributed by atoms with Gasteiger partial charge >= 0.3 is 6.09 Å². The minimum atomic E-state index is -3.74. The average molecular weight is 643 g/mol. The van der Waals surface area contributed by atoms with Crippen LogP contribution >= 0.6 is 0 Å². The number of hydrogen-bond donors (Lipinski definition) is 3. The van der Waals surface area contributed by atoms with Gasteiger partial charge in [-0.05, 0) is 85.3 Å². The molecule has 0 spiro atoms. The third-order valence-electron chi connectivity index (χ3n) is 7.91. The molecule has 45 heavy (non-hydrogen) atoms. The van der Waals surface area contributed by atoms with Gasteiger partial charge in [-0.1, -0.05) is 6.07 Å². The fourth-order valence-corrected chi connectivity index (χ4v) is 7.38. The van der Waals surface area contributed by atoms with E-state index in [1.54, 1.807) is 0 Å². The molecule has 3 aromatic carbocycles. The number of rotatable bonds is 10. The summed E-state index contributed by atoms with van der Waals surface area (Å²) < 4.78 is 66.2. The second-order valence-electron chi connectivity index (χ2n) is 10.8. The maximum absolute atomic E-state index is 15.0. The summed E-state index contributed by atoms with van der Waals surface area (Å²) in [6, 6.07) is 9.48. The van der Waals surface area contributed by atoms with Crippen LogP contribution in [0.5, 0.6) is 5.75 Å². The Labute approximate surface area is 258 Å². The number of methoxy groups -OCH3 is 2. The Morgan fingerprint density at radius 3 is 2.38 bits per heavy atom. The summed E-state index contributed by atoms with van der Waals surface area (Å²) in [5.74, 6) is -3.00. The van der Waals surface area contributed by atoms with Gasteiger partial charge in [0.15, 0.2) is 21.4 Å². The van der Waals surface area contributed by atoms with E-state index in [-0.39, 0.29) is 39.7 Å². The lowest BCUT2D eigenvalue weighted by atomic mass is 10.0. The lowest BCUT2D eigenvalue weighted by Gasteiger charge is -2.31. The Morgan fingerprint density at radius 1 is 0.978 bits per heavy atom. The van der Waals surface area contributed by atoms with Crippen LogP contribution in [0.15, 0.2) is 59.5 Å². The number of hydrogen-bond acceptors (Lipinski definition) is 8.